The number of aromatic nitrogens is 2. The van der Waals surface area contributed by atoms with Gasteiger partial charge in [0.15, 0.2) is 5.78 Å². The number of carbonyl (C=O) groups excluding carboxylic acids is 1. The van der Waals surface area contributed by atoms with Gasteiger partial charge in [0, 0.05) is 36.7 Å². The number of likely N-dealkylation sites (tertiary alicyclic amines) is 1. The second kappa shape index (κ2) is 8.20. The highest BCUT2D eigenvalue weighted by Gasteiger charge is 2.47. The third-order valence-electron chi connectivity index (χ3n) is 6.56. The summed E-state index contributed by atoms with van der Waals surface area (Å²) in [6.07, 6.45) is 4.80. The van der Waals surface area contributed by atoms with Gasteiger partial charge in [0.1, 0.15) is 24.7 Å². The third-order valence-corrected chi connectivity index (χ3v) is 7.94. The zero-order chi connectivity index (χ0) is 20.7. The number of thioether (sulfide) groups is 1. The highest BCUT2D eigenvalue weighted by Crippen LogP contribution is 2.40. The minimum absolute atomic E-state index is 0.0295. The van der Waals surface area contributed by atoms with Gasteiger partial charge in [0.2, 0.25) is 0 Å². The SMILES string of the molecule is NC1(c2ncnc3c2SCC3)CC(N2CCC(c3ccc(Cl)cc3)CC2)OCC1=O. The maximum atomic E-state index is 12.9. The molecular weight excluding hydrogens is 420 g/mol. The zero-order valence-electron chi connectivity index (χ0n) is 16.7. The number of fused-ring (bicyclic) bond motifs is 1. The van der Waals surface area contributed by atoms with Gasteiger partial charge in [-0.15, -0.1) is 11.8 Å². The first-order chi connectivity index (χ1) is 14.5. The largest absolute Gasteiger partial charge is 0.355 e. The van der Waals surface area contributed by atoms with Crippen molar-refractivity contribution in [3.63, 3.8) is 0 Å². The summed E-state index contributed by atoms with van der Waals surface area (Å²) in [4.78, 5) is 25.0. The molecule has 1 aromatic carbocycles. The van der Waals surface area contributed by atoms with Gasteiger partial charge < -0.3 is 10.5 Å². The lowest BCUT2D eigenvalue weighted by Crippen LogP contribution is -2.58. The van der Waals surface area contributed by atoms with Gasteiger partial charge >= 0.3 is 0 Å². The van der Waals surface area contributed by atoms with Crippen molar-refractivity contribution < 1.29 is 9.53 Å². The van der Waals surface area contributed by atoms with Crippen molar-refractivity contribution in [1.82, 2.24) is 14.9 Å². The van der Waals surface area contributed by atoms with Gasteiger partial charge in [0.25, 0.3) is 0 Å². The first-order valence-corrected chi connectivity index (χ1v) is 11.8. The minimum atomic E-state index is -1.11. The Morgan fingerprint density at radius 1 is 1.20 bits per heavy atom. The first-order valence-electron chi connectivity index (χ1n) is 10.4. The maximum absolute atomic E-state index is 12.9. The van der Waals surface area contributed by atoms with Crippen LogP contribution in [0.5, 0.6) is 0 Å². The van der Waals surface area contributed by atoms with E-state index < -0.39 is 5.54 Å². The van der Waals surface area contributed by atoms with Crippen LogP contribution in [0.2, 0.25) is 5.02 Å². The lowest BCUT2D eigenvalue weighted by Gasteiger charge is -2.43. The quantitative estimate of drug-likeness (QED) is 0.778. The number of nitrogens with two attached hydrogens (primary N) is 1. The number of benzene rings is 1. The average molecular weight is 445 g/mol. The number of ether oxygens (including phenoxy) is 1. The number of ketones is 1. The van der Waals surface area contributed by atoms with Crippen LogP contribution in [0.1, 0.15) is 42.1 Å². The van der Waals surface area contributed by atoms with Crippen LogP contribution in [-0.2, 0) is 21.5 Å². The molecule has 158 valence electrons. The summed E-state index contributed by atoms with van der Waals surface area (Å²) < 4.78 is 5.95. The second-order valence-corrected chi connectivity index (χ2v) is 9.86. The Balaban J connectivity index is 1.31. The molecule has 0 radical (unpaired) electrons. The standard InChI is InChI=1S/C22H25ClN4O2S/c23-16-3-1-14(2-4-16)15-5-8-27(9-6-15)19-11-22(24,18(28)12-29-19)21-20-17(7-10-30-20)25-13-26-21/h1-4,13,15,19H,5-12,24H2. The molecule has 8 heteroatoms. The predicted octanol–water partition coefficient (Wildman–Crippen LogP) is 3.13. The lowest BCUT2D eigenvalue weighted by atomic mass is 9.83. The number of hydrogen-bond donors (Lipinski definition) is 1. The van der Waals surface area contributed by atoms with Crippen LogP contribution in [0.25, 0.3) is 0 Å². The molecule has 2 fully saturated rings. The molecule has 1 aromatic heterocycles. The fourth-order valence-corrected chi connectivity index (χ4v) is 6.09. The van der Waals surface area contributed by atoms with Crippen LogP contribution >= 0.6 is 23.4 Å². The number of hydrogen-bond acceptors (Lipinski definition) is 7. The fraction of sp³-hybridized carbons (Fsp3) is 0.500. The number of aryl methyl sites for hydroxylation is 1. The van der Waals surface area contributed by atoms with E-state index in [-0.39, 0.29) is 18.6 Å². The molecule has 6 nitrogen and oxygen atoms in total. The monoisotopic (exact) mass is 444 g/mol. The molecule has 3 aliphatic heterocycles. The number of nitrogens with zero attached hydrogens (tertiary/aromatic N) is 3. The summed E-state index contributed by atoms with van der Waals surface area (Å²) >= 11 is 7.73. The van der Waals surface area contributed by atoms with Crippen molar-refractivity contribution in [3.05, 3.63) is 52.6 Å². The number of carbonyl (C=O) groups is 1. The molecule has 5 rings (SSSR count). The van der Waals surface area contributed by atoms with E-state index in [1.165, 1.54) is 5.56 Å². The summed E-state index contributed by atoms with van der Waals surface area (Å²) in [7, 11) is 0. The Kier molecular flexibility index (Phi) is 5.58. The molecule has 0 amide bonds. The lowest BCUT2D eigenvalue weighted by molar-refractivity contribution is -0.156. The van der Waals surface area contributed by atoms with E-state index in [0.29, 0.717) is 18.0 Å². The van der Waals surface area contributed by atoms with Gasteiger partial charge in [-0.3, -0.25) is 9.69 Å². The van der Waals surface area contributed by atoms with Crippen LogP contribution in [0.4, 0.5) is 0 Å². The van der Waals surface area contributed by atoms with E-state index in [9.17, 15) is 4.79 Å². The Morgan fingerprint density at radius 3 is 2.73 bits per heavy atom. The topological polar surface area (TPSA) is 81.3 Å². The third kappa shape index (κ3) is 3.67. The Bertz CT molecular complexity index is 949. The number of piperidine rings is 1. The van der Waals surface area contributed by atoms with E-state index >= 15 is 0 Å². The highest BCUT2D eigenvalue weighted by molar-refractivity contribution is 7.99. The van der Waals surface area contributed by atoms with Crippen molar-refractivity contribution in [3.8, 4) is 0 Å². The molecule has 0 bridgehead atoms. The molecular formula is C22H25ClN4O2S. The van der Waals surface area contributed by atoms with Crippen LogP contribution < -0.4 is 5.73 Å². The van der Waals surface area contributed by atoms with Crippen molar-refractivity contribution in [1.29, 1.82) is 0 Å². The van der Waals surface area contributed by atoms with E-state index in [1.54, 1.807) is 18.1 Å². The predicted molar refractivity (Wildman–Crippen MR) is 117 cm³/mol. The average Bonchev–Trinajstić information content (AvgIpc) is 3.25. The second-order valence-electron chi connectivity index (χ2n) is 8.32. The highest BCUT2D eigenvalue weighted by atomic mass is 35.5. The smallest absolute Gasteiger partial charge is 0.184 e. The molecule has 2 N–H and O–H groups in total. The van der Waals surface area contributed by atoms with Gasteiger partial charge in [-0.05, 0) is 36.5 Å². The molecule has 2 aromatic rings. The molecule has 3 aliphatic rings. The van der Waals surface area contributed by atoms with Crippen LogP contribution in [0.15, 0.2) is 35.5 Å². The van der Waals surface area contributed by atoms with Gasteiger partial charge in [-0.2, -0.15) is 0 Å². The number of halogens is 1. The summed E-state index contributed by atoms with van der Waals surface area (Å²) in [6.45, 7) is 1.86. The number of rotatable bonds is 3. The molecule has 2 unspecified atom stereocenters. The van der Waals surface area contributed by atoms with E-state index in [4.69, 9.17) is 22.1 Å². The Hall–Kier alpha value is -1.51. The molecule has 2 atom stereocenters. The summed E-state index contributed by atoms with van der Waals surface area (Å²) in [6, 6.07) is 8.16. The summed E-state index contributed by atoms with van der Waals surface area (Å²) in [5, 5.41) is 0.769. The van der Waals surface area contributed by atoms with Crippen molar-refractivity contribution in [2.24, 2.45) is 5.73 Å². The van der Waals surface area contributed by atoms with Crippen LogP contribution in [0.3, 0.4) is 0 Å². The molecule has 30 heavy (non-hydrogen) atoms. The molecule has 4 heterocycles. The summed E-state index contributed by atoms with van der Waals surface area (Å²) in [5.41, 5.74) is 8.67. The van der Waals surface area contributed by atoms with Crippen molar-refractivity contribution in [2.45, 2.75) is 48.3 Å². The van der Waals surface area contributed by atoms with E-state index in [2.05, 4.69) is 27.0 Å². The van der Waals surface area contributed by atoms with E-state index in [0.717, 1.165) is 53.7 Å². The van der Waals surface area contributed by atoms with Crippen molar-refractivity contribution in [2.75, 3.05) is 25.4 Å². The molecule has 0 aliphatic carbocycles. The zero-order valence-corrected chi connectivity index (χ0v) is 18.3. The fourth-order valence-electron chi connectivity index (χ4n) is 4.78. The molecule has 2 saturated heterocycles. The number of Topliss-reactive ketones (excluding diaryl/α,β-unsaturated/α-hetero) is 1. The maximum Gasteiger partial charge on any atom is 0.184 e. The van der Waals surface area contributed by atoms with Gasteiger partial charge in [-0.25, -0.2) is 9.97 Å². The molecule has 0 saturated carbocycles. The van der Waals surface area contributed by atoms with E-state index in [1.807, 2.05) is 12.1 Å². The van der Waals surface area contributed by atoms with Crippen LogP contribution in [0, 0.1) is 0 Å². The minimum Gasteiger partial charge on any atom is -0.355 e. The van der Waals surface area contributed by atoms with Gasteiger partial charge in [0.05, 0.1) is 16.3 Å². The first kappa shape index (κ1) is 20.4. The molecule has 0 spiro atoms. The summed E-state index contributed by atoms with van der Waals surface area (Å²) in [5.74, 6) is 1.39. The Morgan fingerprint density at radius 2 is 1.97 bits per heavy atom. The Labute approximate surface area is 185 Å². The van der Waals surface area contributed by atoms with Gasteiger partial charge in [-0.1, -0.05) is 23.7 Å². The van der Waals surface area contributed by atoms with Crippen LogP contribution in [-0.4, -0.2) is 52.3 Å². The van der Waals surface area contributed by atoms with Crippen molar-refractivity contribution >= 4 is 29.1 Å². The normalized spacial score (nSPS) is 27.9.